The number of hydrogen-bond donors (Lipinski definition) is 0. The zero-order valence-corrected chi connectivity index (χ0v) is 13.4. The average Bonchev–Trinajstić information content (AvgIpc) is 2.68. The Balaban J connectivity index is 1.66. The first-order chi connectivity index (χ1) is 12.2. The lowest BCUT2D eigenvalue weighted by Crippen LogP contribution is -1.94. The summed E-state index contributed by atoms with van der Waals surface area (Å²) in [5, 5.41) is 8.78. The van der Waals surface area contributed by atoms with Gasteiger partial charge < -0.3 is 4.74 Å². The van der Waals surface area contributed by atoms with E-state index in [-0.39, 0.29) is 5.78 Å². The van der Waals surface area contributed by atoms with Crippen molar-refractivity contribution in [2.45, 2.75) is 0 Å². The molecule has 3 aromatic carbocycles. The number of para-hydroxylation sites is 1. The Morgan fingerprint density at radius 3 is 2.12 bits per heavy atom. The van der Waals surface area contributed by atoms with E-state index in [0.717, 1.165) is 11.3 Å². The molecule has 0 aliphatic carbocycles. The predicted octanol–water partition coefficient (Wildman–Crippen LogP) is 5.25. The first-order valence-corrected chi connectivity index (χ1v) is 7.80. The van der Waals surface area contributed by atoms with E-state index in [1.165, 1.54) is 6.08 Å². The van der Waals surface area contributed by atoms with Crippen LogP contribution in [0.5, 0.6) is 11.5 Å². The summed E-state index contributed by atoms with van der Waals surface area (Å²) in [4.78, 5) is 12.2. The highest BCUT2D eigenvalue weighted by atomic mass is 16.5. The van der Waals surface area contributed by atoms with Gasteiger partial charge in [0.1, 0.15) is 11.5 Å². The third-order valence-electron chi connectivity index (χ3n) is 3.58. The lowest BCUT2D eigenvalue weighted by Gasteiger charge is -2.05. The van der Waals surface area contributed by atoms with Gasteiger partial charge in [-0.25, -0.2) is 0 Å². The minimum absolute atomic E-state index is 0.0874. The fraction of sp³-hybridized carbons (Fsp3) is 0. The summed E-state index contributed by atoms with van der Waals surface area (Å²) in [5.74, 6) is 1.34. The number of rotatable bonds is 5. The van der Waals surface area contributed by atoms with E-state index in [4.69, 9.17) is 10.00 Å². The molecule has 3 nitrogen and oxygen atoms in total. The second-order valence-electron chi connectivity index (χ2n) is 5.37. The van der Waals surface area contributed by atoms with Crippen LogP contribution in [0.1, 0.15) is 21.5 Å². The molecule has 0 aromatic heterocycles. The van der Waals surface area contributed by atoms with Crippen molar-refractivity contribution in [2.75, 3.05) is 0 Å². The van der Waals surface area contributed by atoms with Gasteiger partial charge in [0, 0.05) is 5.56 Å². The molecule has 0 amide bonds. The molecule has 3 rings (SSSR count). The van der Waals surface area contributed by atoms with E-state index in [0.29, 0.717) is 16.9 Å². The van der Waals surface area contributed by atoms with Gasteiger partial charge >= 0.3 is 0 Å². The molecule has 0 atom stereocenters. The van der Waals surface area contributed by atoms with Gasteiger partial charge in [0.2, 0.25) is 0 Å². The number of hydrogen-bond acceptors (Lipinski definition) is 3. The fourth-order valence-electron chi connectivity index (χ4n) is 2.25. The average molecular weight is 325 g/mol. The number of carbonyl (C=O) groups excluding carboxylic acids is 1. The molecule has 0 unspecified atom stereocenters. The quantitative estimate of drug-likeness (QED) is 0.476. The van der Waals surface area contributed by atoms with Crippen molar-refractivity contribution >= 4 is 11.9 Å². The maximum Gasteiger partial charge on any atom is 0.185 e. The highest BCUT2D eigenvalue weighted by molar-refractivity contribution is 6.06. The van der Waals surface area contributed by atoms with E-state index < -0.39 is 0 Å². The second-order valence-corrected chi connectivity index (χ2v) is 5.37. The van der Waals surface area contributed by atoms with Gasteiger partial charge in [0.25, 0.3) is 0 Å². The summed E-state index contributed by atoms with van der Waals surface area (Å²) in [7, 11) is 0. The van der Waals surface area contributed by atoms with Crippen LogP contribution >= 0.6 is 0 Å². The summed E-state index contributed by atoms with van der Waals surface area (Å²) in [5.41, 5.74) is 2.05. The normalized spacial score (nSPS) is 10.4. The van der Waals surface area contributed by atoms with Crippen LogP contribution in [0.15, 0.2) is 84.9 Å². The molecule has 3 heteroatoms. The SMILES string of the molecule is N#Cc1ccc(C=CC(=O)c2ccc(Oc3ccccc3)cc2)cc1. The molecule has 0 saturated heterocycles. The van der Waals surface area contributed by atoms with Crippen LogP contribution in [0.3, 0.4) is 0 Å². The number of allylic oxidation sites excluding steroid dienone is 1. The number of nitriles is 1. The van der Waals surface area contributed by atoms with Gasteiger partial charge in [-0.15, -0.1) is 0 Å². The van der Waals surface area contributed by atoms with Crippen molar-refractivity contribution in [2.24, 2.45) is 0 Å². The summed E-state index contributed by atoms with van der Waals surface area (Å²) in [6, 6.07) is 25.6. The smallest absolute Gasteiger partial charge is 0.185 e. The lowest BCUT2D eigenvalue weighted by molar-refractivity contribution is 0.104. The molecular weight excluding hydrogens is 310 g/mol. The molecule has 0 fully saturated rings. The Hall–Kier alpha value is -3.64. The van der Waals surface area contributed by atoms with Gasteiger partial charge in [-0.2, -0.15) is 5.26 Å². The molecule has 0 bridgehead atoms. The molecule has 25 heavy (non-hydrogen) atoms. The Morgan fingerprint density at radius 1 is 0.840 bits per heavy atom. The second kappa shape index (κ2) is 7.76. The third-order valence-corrected chi connectivity index (χ3v) is 3.58. The first kappa shape index (κ1) is 16.2. The van der Waals surface area contributed by atoms with Crippen molar-refractivity contribution in [3.63, 3.8) is 0 Å². The summed E-state index contributed by atoms with van der Waals surface area (Å²) >= 11 is 0. The van der Waals surface area contributed by atoms with Gasteiger partial charge in [-0.1, -0.05) is 36.4 Å². The number of benzene rings is 3. The zero-order valence-electron chi connectivity index (χ0n) is 13.4. The topological polar surface area (TPSA) is 50.1 Å². The minimum Gasteiger partial charge on any atom is -0.457 e. The zero-order chi connectivity index (χ0) is 17.5. The number of nitrogens with zero attached hydrogens (tertiary/aromatic N) is 1. The summed E-state index contributed by atoms with van der Waals surface area (Å²) in [6.07, 6.45) is 3.26. The molecule has 3 aromatic rings. The Kier molecular flexibility index (Phi) is 5.04. The molecule has 0 saturated carbocycles. The van der Waals surface area contributed by atoms with Gasteiger partial charge in [-0.3, -0.25) is 4.79 Å². The Bertz CT molecular complexity index is 919. The van der Waals surface area contributed by atoms with Gasteiger partial charge in [0.15, 0.2) is 5.78 Å². The van der Waals surface area contributed by atoms with Crippen LogP contribution in [0, 0.1) is 11.3 Å². The maximum absolute atomic E-state index is 12.2. The standard InChI is InChI=1S/C22H15NO2/c23-16-18-8-6-17(7-9-18)10-15-22(24)19-11-13-21(14-12-19)25-20-4-2-1-3-5-20/h1-15H. The van der Waals surface area contributed by atoms with Crippen molar-refractivity contribution in [3.8, 4) is 17.6 Å². The van der Waals surface area contributed by atoms with Crippen LogP contribution in [-0.2, 0) is 0 Å². The molecule has 0 radical (unpaired) electrons. The van der Waals surface area contributed by atoms with Crippen molar-refractivity contribution in [1.82, 2.24) is 0 Å². The van der Waals surface area contributed by atoms with Crippen LogP contribution in [-0.4, -0.2) is 5.78 Å². The van der Waals surface area contributed by atoms with E-state index in [9.17, 15) is 4.79 Å². The minimum atomic E-state index is -0.0874. The molecular formula is C22H15NO2. The monoisotopic (exact) mass is 325 g/mol. The first-order valence-electron chi connectivity index (χ1n) is 7.80. The molecule has 0 aliphatic heterocycles. The van der Waals surface area contributed by atoms with Crippen LogP contribution in [0.4, 0.5) is 0 Å². The lowest BCUT2D eigenvalue weighted by atomic mass is 10.1. The fourth-order valence-corrected chi connectivity index (χ4v) is 2.25. The number of ketones is 1. The predicted molar refractivity (Wildman–Crippen MR) is 97.5 cm³/mol. The van der Waals surface area contributed by atoms with Gasteiger partial charge in [0.05, 0.1) is 11.6 Å². The molecule has 0 aliphatic rings. The third kappa shape index (κ3) is 4.43. The van der Waals surface area contributed by atoms with E-state index in [1.807, 2.05) is 30.3 Å². The van der Waals surface area contributed by atoms with Crippen molar-refractivity contribution < 1.29 is 9.53 Å². The molecule has 0 heterocycles. The van der Waals surface area contributed by atoms with E-state index in [1.54, 1.807) is 54.6 Å². The number of ether oxygens (including phenoxy) is 1. The largest absolute Gasteiger partial charge is 0.457 e. The van der Waals surface area contributed by atoms with Gasteiger partial charge in [-0.05, 0) is 60.2 Å². The highest BCUT2D eigenvalue weighted by Gasteiger charge is 2.03. The van der Waals surface area contributed by atoms with E-state index in [2.05, 4.69) is 6.07 Å². The molecule has 0 spiro atoms. The van der Waals surface area contributed by atoms with Crippen molar-refractivity contribution in [1.29, 1.82) is 5.26 Å². The summed E-state index contributed by atoms with van der Waals surface area (Å²) < 4.78 is 5.71. The van der Waals surface area contributed by atoms with Crippen LogP contribution in [0.25, 0.3) is 6.08 Å². The highest BCUT2D eigenvalue weighted by Crippen LogP contribution is 2.21. The summed E-state index contributed by atoms with van der Waals surface area (Å²) in [6.45, 7) is 0. The van der Waals surface area contributed by atoms with Crippen molar-refractivity contribution in [3.05, 3.63) is 102 Å². The molecule has 0 N–H and O–H groups in total. The molecule has 120 valence electrons. The number of carbonyl (C=O) groups is 1. The Labute approximate surface area is 146 Å². The van der Waals surface area contributed by atoms with Crippen LogP contribution < -0.4 is 4.74 Å². The maximum atomic E-state index is 12.2. The Morgan fingerprint density at radius 2 is 1.48 bits per heavy atom. The van der Waals surface area contributed by atoms with Crippen LogP contribution in [0.2, 0.25) is 0 Å². The van der Waals surface area contributed by atoms with E-state index >= 15 is 0 Å².